The topological polar surface area (TPSA) is 3.24 Å². The van der Waals surface area contributed by atoms with Gasteiger partial charge in [-0.25, -0.2) is 0 Å². The maximum atomic E-state index is 2.58. The Hall–Kier alpha value is -7.52. The molecule has 4 aliphatic rings. The lowest BCUT2D eigenvalue weighted by molar-refractivity contribution is 0.465. The first-order chi connectivity index (χ1) is 31.8. The predicted octanol–water partition coefficient (Wildman–Crippen LogP) is 16.0. The van der Waals surface area contributed by atoms with E-state index in [2.05, 4.69) is 242 Å². The van der Waals surface area contributed by atoms with Gasteiger partial charge >= 0.3 is 0 Å². The van der Waals surface area contributed by atoms with Crippen molar-refractivity contribution in [2.75, 3.05) is 4.90 Å². The van der Waals surface area contributed by atoms with Crippen LogP contribution in [0.15, 0.2) is 237 Å². The second kappa shape index (κ2) is 13.5. The van der Waals surface area contributed by atoms with Gasteiger partial charge in [0.05, 0.1) is 26.9 Å². The van der Waals surface area contributed by atoms with Gasteiger partial charge in [0.2, 0.25) is 0 Å². The summed E-state index contributed by atoms with van der Waals surface area (Å²) in [5.74, 6) is 0.410. The number of para-hydroxylation sites is 1. The van der Waals surface area contributed by atoms with Crippen LogP contribution in [0.4, 0.5) is 17.1 Å². The molecule has 1 aromatic heterocycles. The Labute approximate surface area is 377 Å². The van der Waals surface area contributed by atoms with Gasteiger partial charge in [-0.3, -0.25) is 0 Å². The molecule has 300 valence electrons. The highest BCUT2D eigenvalue weighted by Gasteiger charge is 2.58. The van der Waals surface area contributed by atoms with E-state index >= 15 is 0 Å². The monoisotopic (exact) mass is 831 g/mol. The Kier molecular flexibility index (Phi) is 7.59. The molecule has 1 spiro atoms. The second-order valence-electron chi connectivity index (χ2n) is 17.8. The van der Waals surface area contributed by atoms with Crippen molar-refractivity contribution in [2.45, 2.75) is 16.7 Å². The molecule has 0 amide bonds. The molecule has 0 saturated heterocycles. The normalized spacial score (nSPS) is 17.5. The smallest absolute Gasteiger partial charge is 0.0727 e. The van der Waals surface area contributed by atoms with Crippen molar-refractivity contribution in [1.82, 2.24) is 0 Å². The van der Waals surface area contributed by atoms with Gasteiger partial charge in [-0.05, 0) is 91.0 Å². The summed E-state index contributed by atoms with van der Waals surface area (Å²) in [5, 5.41) is 2.57. The van der Waals surface area contributed by atoms with E-state index in [9.17, 15) is 0 Å². The van der Waals surface area contributed by atoms with Gasteiger partial charge < -0.3 is 4.90 Å². The number of nitrogens with zero attached hydrogens (tertiary/aromatic N) is 1. The fraction of sp³-hybridized carbons (Fsp3) is 0.0645. The van der Waals surface area contributed by atoms with Crippen LogP contribution in [0.25, 0.3) is 42.4 Å². The van der Waals surface area contributed by atoms with Crippen LogP contribution in [0.1, 0.15) is 50.4 Å². The number of thiophene rings is 1. The molecule has 2 heteroatoms. The molecular formula is C62H41NS. The van der Waals surface area contributed by atoms with Crippen molar-refractivity contribution in [3.05, 3.63) is 281 Å². The van der Waals surface area contributed by atoms with E-state index in [0.29, 0.717) is 0 Å². The fourth-order valence-corrected chi connectivity index (χ4v) is 14.2. The Balaban J connectivity index is 1.05. The molecule has 1 heterocycles. The molecule has 0 bridgehead atoms. The van der Waals surface area contributed by atoms with Gasteiger partial charge in [0.15, 0.2) is 0 Å². The zero-order valence-corrected chi connectivity index (χ0v) is 35.8. The summed E-state index contributed by atoms with van der Waals surface area (Å²) in [5.41, 5.74) is 19.0. The van der Waals surface area contributed by atoms with E-state index < -0.39 is 5.41 Å². The molecule has 0 fully saturated rings. The van der Waals surface area contributed by atoms with Crippen molar-refractivity contribution in [2.24, 2.45) is 5.92 Å². The van der Waals surface area contributed by atoms with Crippen molar-refractivity contribution in [3.63, 3.8) is 0 Å². The number of hydrogen-bond acceptors (Lipinski definition) is 2. The van der Waals surface area contributed by atoms with Crippen molar-refractivity contribution < 1.29 is 0 Å². The molecule has 10 aromatic rings. The zero-order valence-electron chi connectivity index (χ0n) is 35.0. The minimum Gasteiger partial charge on any atom is -0.309 e. The van der Waals surface area contributed by atoms with Crippen molar-refractivity contribution in [1.29, 1.82) is 0 Å². The first-order valence-corrected chi connectivity index (χ1v) is 23.3. The Bertz CT molecular complexity index is 3500. The Morgan fingerprint density at radius 3 is 1.53 bits per heavy atom. The van der Waals surface area contributed by atoms with Crippen LogP contribution in [0.2, 0.25) is 0 Å². The van der Waals surface area contributed by atoms with Gasteiger partial charge in [0.25, 0.3) is 0 Å². The van der Waals surface area contributed by atoms with E-state index in [-0.39, 0.29) is 17.3 Å². The quantitative estimate of drug-likeness (QED) is 0.167. The number of anilines is 3. The summed E-state index contributed by atoms with van der Waals surface area (Å²) in [4.78, 5) is 2.58. The number of benzene rings is 9. The molecule has 0 radical (unpaired) electrons. The van der Waals surface area contributed by atoms with Crippen LogP contribution in [-0.2, 0) is 10.8 Å². The first kappa shape index (κ1) is 36.0. The SMILES string of the molecule is C1=CC2c3c(N(c4ccccc4)c4cccc5c4sc4c(C6(c7ccccc7)c7ccccc7-c7ccccc76)cccc45)cccc3C3(c4ccccc4-c4ccccc43)C2C=C1. The molecule has 2 unspecified atom stereocenters. The molecule has 14 rings (SSSR count). The van der Waals surface area contributed by atoms with Crippen LogP contribution >= 0.6 is 11.3 Å². The van der Waals surface area contributed by atoms with E-state index in [0.717, 1.165) is 5.69 Å². The summed E-state index contributed by atoms with van der Waals surface area (Å²) in [7, 11) is 0. The number of rotatable bonds is 5. The third-order valence-corrected chi connectivity index (χ3v) is 16.3. The van der Waals surface area contributed by atoms with Crippen LogP contribution in [0.5, 0.6) is 0 Å². The van der Waals surface area contributed by atoms with Gasteiger partial charge in [0, 0.05) is 33.0 Å². The maximum Gasteiger partial charge on any atom is 0.0727 e. The van der Waals surface area contributed by atoms with Gasteiger partial charge in [0.1, 0.15) is 0 Å². The number of hydrogen-bond donors (Lipinski definition) is 0. The highest BCUT2D eigenvalue weighted by molar-refractivity contribution is 7.26. The Morgan fingerprint density at radius 2 is 0.859 bits per heavy atom. The molecular weight excluding hydrogens is 791 g/mol. The van der Waals surface area contributed by atoms with Crippen LogP contribution in [0, 0.1) is 5.92 Å². The fourth-order valence-electron chi connectivity index (χ4n) is 12.8. The maximum absolute atomic E-state index is 2.58. The third kappa shape index (κ3) is 4.53. The second-order valence-corrected chi connectivity index (χ2v) is 18.8. The highest BCUT2D eigenvalue weighted by Crippen LogP contribution is 2.67. The predicted molar refractivity (Wildman–Crippen MR) is 268 cm³/mol. The molecule has 0 aliphatic heterocycles. The average molecular weight is 832 g/mol. The molecule has 4 aliphatic carbocycles. The first-order valence-electron chi connectivity index (χ1n) is 22.5. The summed E-state index contributed by atoms with van der Waals surface area (Å²) in [6.45, 7) is 0. The third-order valence-electron chi connectivity index (χ3n) is 15.0. The molecule has 1 nitrogen and oxygen atoms in total. The Morgan fingerprint density at radius 1 is 0.375 bits per heavy atom. The minimum atomic E-state index is -0.494. The van der Waals surface area contributed by atoms with E-state index in [1.807, 2.05) is 11.3 Å². The zero-order chi connectivity index (χ0) is 42.0. The van der Waals surface area contributed by atoms with E-state index in [1.165, 1.54) is 98.3 Å². The lowest BCUT2D eigenvalue weighted by Gasteiger charge is -2.36. The van der Waals surface area contributed by atoms with Gasteiger partial charge in [-0.1, -0.05) is 212 Å². The van der Waals surface area contributed by atoms with Crippen LogP contribution < -0.4 is 4.90 Å². The van der Waals surface area contributed by atoms with E-state index in [4.69, 9.17) is 0 Å². The van der Waals surface area contributed by atoms with Crippen molar-refractivity contribution >= 4 is 48.6 Å². The average Bonchev–Trinajstić information content (AvgIpc) is 4.08. The lowest BCUT2D eigenvalue weighted by Crippen LogP contribution is -2.32. The van der Waals surface area contributed by atoms with Crippen molar-refractivity contribution in [3.8, 4) is 22.3 Å². The molecule has 0 saturated carbocycles. The largest absolute Gasteiger partial charge is 0.309 e. The molecule has 9 aromatic carbocycles. The minimum absolute atomic E-state index is 0.183. The van der Waals surface area contributed by atoms with E-state index in [1.54, 1.807) is 0 Å². The van der Waals surface area contributed by atoms with Gasteiger partial charge in [-0.2, -0.15) is 0 Å². The number of allylic oxidation sites excluding steroid dienone is 4. The standard InChI is InChI=1S/C62H41NS/c1-3-20-40(21-4-1)61(49-31-12-7-24-42(49)43-25-8-13-32-50(43)61)55-37-17-29-46-47-30-18-39-57(60(47)64-59(46)55)63(41-22-5-2-6-23-41)56-38-19-36-54-58(56)48-28-11-16-35-53(48)62(54)51-33-14-9-26-44(51)45-27-10-15-34-52(45)62/h1-39,48,53H. The van der Waals surface area contributed by atoms with Crippen LogP contribution in [0.3, 0.4) is 0 Å². The highest BCUT2D eigenvalue weighted by atomic mass is 32.1. The number of fused-ring (bicyclic) bond motifs is 16. The summed E-state index contributed by atoms with van der Waals surface area (Å²) >= 11 is 1.95. The summed E-state index contributed by atoms with van der Waals surface area (Å²) < 4.78 is 2.61. The van der Waals surface area contributed by atoms with Crippen LogP contribution in [-0.4, -0.2) is 0 Å². The molecule has 0 N–H and O–H groups in total. The lowest BCUT2D eigenvalue weighted by atomic mass is 9.65. The molecule has 64 heavy (non-hydrogen) atoms. The molecule has 2 atom stereocenters. The van der Waals surface area contributed by atoms with Gasteiger partial charge in [-0.15, -0.1) is 11.3 Å². The summed E-state index contributed by atoms with van der Waals surface area (Å²) in [6.07, 6.45) is 9.53. The summed E-state index contributed by atoms with van der Waals surface area (Å²) in [6, 6.07) is 80.0.